The molecule has 2 rings (SSSR count). The van der Waals surface area contributed by atoms with Gasteiger partial charge in [0.2, 0.25) is 0 Å². The first-order valence-electron chi connectivity index (χ1n) is 7.15. The molecule has 0 aliphatic carbocycles. The summed E-state index contributed by atoms with van der Waals surface area (Å²) >= 11 is 7.43. The summed E-state index contributed by atoms with van der Waals surface area (Å²) < 4.78 is 0. The molecule has 122 valence electrons. The fraction of sp³-hybridized carbons (Fsp3) is 0.250. The number of hydrogen-bond donors (Lipinski definition) is 3. The molecular weight excluding hydrogens is 334 g/mol. The van der Waals surface area contributed by atoms with Crippen LogP contribution in [-0.2, 0) is 0 Å². The van der Waals surface area contributed by atoms with E-state index in [-0.39, 0.29) is 17.9 Å². The van der Waals surface area contributed by atoms with Gasteiger partial charge in [-0.3, -0.25) is 9.59 Å². The lowest BCUT2D eigenvalue weighted by Crippen LogP contribution is -2.29. The quantitative estimate of drug-likeness (QED) is 0.747. The van der Waals surface area contributed by atoms with Gasteiger partial charge in [-0.25, -0.2) is 0 Å². The molecule has 0 aliphatic rings. The van der Waals surface area contributed by atoms with Gasteiger partial charge in [-0.15, -0.1) is 11.3 Å². The molecule has 1 heterocycles. The number of anilines is 1. The normalized spacial score (nSPS) is 11.8. The maximum atomic E-state index is 12.1. The van der Waals surface area contributed by atoms with E-state index < -0.39 is 0 Å². The summed E-state index contributed by atoms with van der Waals surface area (Å²) in [5.41, 5.74) is 6.49. The van der Waals surface area contributed by atoms with E-state index in [0.717, 1.165) is 0 Å². The van der Waals surface area contributed by atoms with Crippen molar-refractivity contribution in [2.75, 3.05) is 11.9 Å². The zero-order chi connectivity index (χ0) is 16.8. The number of carbonyl (C=O) groups excluding carboxylic acids is 2. The maximum Gasteiger partial charge on any atom is 0.265 e. The van der Waals surface area contributed by atoms with Crippen LogP contribution >= 0.6 is 22.9 Å². The Morgan fingerprint density at radius 2 is 2.09 bits per heavy atom. The second kappa shape index (κ2) is 8.10. The zero-order valence-corrected chi connectivity index (χ0v) is 14.2. The zero-order valence-electron chi connectivity index (χ0n) is 12.6. The van der Waals surface area contributed by atoms with Crippen molar-refractivity contribution in [3.8, 4) is 0 Å². The first kappa shape index (κ1) is 17.5. The third-order valence-electron chi connectivity index (χ3n) is 3.11. The van der Waals surface area contributed by atoms with E-state index in [0.29, 0.717) is 34.1 Å². The van der Waals surface area contributed by atoms with Crippen LogP contribution in [0.4, 0.5) is 5.69 Å². The number of rotatable bonds is 6. The number of nitrogens with one attached hydrogen (secondary N) is 2. The van der Waals surface area contributed by atoms with Crippen LogP contribution in [0.1, 0.15) is 33.4 Å². The minimum Gasteiger partial charge on any atom is -0.352 e. The number of nitrogens with two attached hydrogens (primary N) is 1. The van der Waals surface area contributed by atoms with Gasteiger partial charge < -0.3 is 16.4 Å². The molecule has 0 radical (unpaired) electrons. The summed E-state index contributed by atoms with van der Waals surface area (Å²) in [5.74, 6) is -0.481. The van der Waals surface area contributed by atoms with Crippen LogP contribution in [0.25, 0.3) is 0 Å². The molecular formula is C16H18ClN3O2S. The molecule has 0 spiro atoms. The Balaban J connectivity index is 2.06. The van der Waals surface area contributed by atoms with Crippen LogP contribution in [0.15, 0.2) is 35.7 Å². The van der Waals surface area contributed by atoms with E-state index in [4.69, 9.17) is 17.3 Å². The smallest absolute Gasteiger partial charge is 0.265 e. The summed E-state index contributed by atoms with van der Waals surface area (Å²) in [6, 6.07) is 8.31. The predicted octanol–water partition coefficient (Wildman–Crippen LogP) is 3.12. The van der Waals surface area contributed by atoms with Gasteiger partial charge in [-0.1, -0.05) is 17.7 Å². The van der Waals surface area contributed by atoms with Gasteiger partial charge in [-0.2, -0.15) is 0 Å². The summed E-state index contributed by atoms with van der Waals surface area (Å²) in [5, 5.41) is 7.70. The molecule has 23 heavy (non-hydrogen) atoms. The standard InChI is InChI=1S/C16H18ClN3O2S/c1-10(18)6-7-19-15(21)11-4-5-12(17)13(9-11)20-16(22)14-3-2-8-23-14/h2-5,8-10H,6-7,18H2,1H3,(H,19,21)(H,20,22). The molecule has 0 aliphatic heterocycles. The number of benzene rings is 1. The minimum absolute atomic E-state index is 0.0289. The summed E-state index contributed by atoms with van der Waals surface area (Å²) in [7, 11) is 0. The van der Waals surface area contributed by atoms with Crippen molar-refractivity contribution in [3.05, 3.63) is 51.2 Å². The highest BCUT2D eigenvalue weighted by molar-refractivity contribution is 7.12. The third-order valence-corrected chi connectivity index (χ3v) is 4.31. The topological polar surface area (TPSA) is 84.2 Å². The fourth-order valence-electron chi connectivity index (χ4n) is 1.87. The summed E-state index contributed by atoms with van der Waals surface area (Å²) in [6.07, 6.45) is 0.696. The fourth-order valence-corrected chi connectivity index (χ4v) is 2.65. The van der Waals surface area contributed by atoms with Gasteiger partial charge in [-0.05, 0) is 43.0 Å². The van der Waals surface area contributed by atoms with E-state index in [1.807, 2.05) is 12.3 Å². The van der Waals surface area contributed by atoms with Crippen LogP contribution in [0.3, 0.4) is 0 Å². The largest absolute Gasteiger partial charge is 0.352 e. The van der Waals surface area contributed by atoms with E-state index >= 15 is 0 Å². The van der Waals surface area contributed by atoms with Crippen LogP contribution in [0.5, 0.6) is 0 Å². The molecule has 5 nitrogen and oxygen atoms in total. The number of amides is 2. The van der Waals surface area contributed by atoms with Crippen LogP contribution in [0, 0.1) is 0 Å². The number of hydrogen-bond acceptors (Lipinski definition) is 4. The Morgan fingerprint density at radius 3 is 2.74 bits per heavy atom. The van der Waals surface area contributed by atoms with Crippen molar-refractivity contribution in [2.24, 2.45) is 5.73 Å². The number of thiophene rings is 1. The van der Waals surface area contributed by atoms with Crippen molar-refractivity contribution in [3.63, 3.8) is 0 Å². The van der Waals surface area contributed by atoms with E-state index in [1.165, 1.54) is 11.3 Å². The van der Waals surface area contributed by atoms with Crippen LogP contribution in [-0.4, -0.2) is 24.4 Å². The molecule has 0 saturated carbocycles. The lowest BCUT2D eigenvalue weighted by Gasteiger charge is -2.10. The van der Waals surface area contributed by atoms with E-state index in [1.54, 1.807) is 30.3 Å². The van der Waals surface area contributed by atoms with Crippen LogP contribution in [0.2, 0.25) is 5.02 Å². The highest BCUT2D eigenvalue weighted by atomic mass is 35.5. The van der Waals surface area contributed by atoms with Crippen molar-refractivity contribution >= 4 is 40.4 Å². The summed E-state index contributed by atoms with van der Waals surface area (Å²) in [6.45, 7) is 2.38. The highest BCUT2D eigenvalue weighted by Crippen LogP contribution is 2.24. The molecule has 1 atom stereocenters. The first-order valence-corrected chi connectivity index (χ1v) is 8.41. The molecule has 2 aromatic rings. The van der Waals surface area contributed by atoms with Crippen molar-refractivity contribution in [1.29, 1.82) is 0 Å². The molecule has 4 N–H and O–H groups in total. The van der Waals surface area contributed by atoms with Crippen molar-refractivity contribution in [2.45, 2.75) is 19.4 Å². The Kier molecular flexibility index (Phi) is 6.15. The summed E-state index contributed by atoms with van der Waals surface area (Å²) in [4.78, 5) is 24.8. The van der Waals surface area contributed by atoms with Gasteiger partial charge in [0.05, 0.1) is 15.6 Å². The molecule has 0 saturated heterocycles. The van der Waals surface area contributed by atoms with Crippen molar-refractivity contribution < 1.29 is 9.59 Å². The highest BCUT2D eigenvalue weighted by Gasteiger charge is 2.12. The Labute approximate surface area is 143 Å². The molecule has 1 unspecified atom stereocenters. The molecule has 1 aromatic heterocycles. The second-order valence-electron chi connectivity index (χ2n) is 5.15. The lowest BCUT2D eigenvalue weighted by atomic mass is 10.1. The van der Waals surface area contributed by atoms with Crippen LogP contribution < -0.4 is 16.4 Å². The van der Waals surface area contributed by atoms with Gasteiger partial charge in [0.15, 0.2) is 0 Å². The Hall–Kier alpha value is -1.89. The van der Waals surface area contributed by atoms with Gasteiger partial charge in [0, 0.05) is 18.2 Å². The Morgan fingerprint density at radius 1 is 1.30 bits per heavy atom. The predicted molar refractivity (Wildman–Crippen MR) is 94.3 cm³/mol. The second-order valence-corrected chi connectivity index (χ2v) is 6.50. The van der Waals surface area contributed by atoms with Gasteiger partial charge in [0.25, 0.3) is 11.8 Å². The SMILES string of the molecule is CC(N)CCNC(=O)c1ccc(Cl)c(NC(=O)c2cccs2)c1. The lowest BCUT2D eigenvalue weighted by molar-refractivity contribution is 0.0951. The van der Waals surface area contributed by atoms with Gasteiger partial charge in [0.1, 0.15) is 0 Å². The molecule has 7 heteroatoms. The first-order chi connectivity index (χ1) is 11.0. The minimum atomic E-state index is -0.253. The Bertz CT molecular complexity index is 687. The van der Waals surface area contributed by atoms with E-state index in [9.17, 15) is 9.59 Å². The van der Waals surface area contributed by atoms with Gasteiger partial charge >= 0.3 is 0 Å². The third kappa shape index (κ3) is 5.06. The number of carbonyl (C=O) groups is 2. The molecule has 0 fully saturated rings. The molecule has 1 aromatic carbocycles. The average Bonchev–Trinajstić information content (AvgIpc) is 3.03. The molecule has 2 amide bonds. The van der Waals surface area contributed by atoms with E-state index in [2.05, 4.69) is 10.6 Å². The number of halogens is 1. The maximum absolute atomic E-state index is 12.1. The monoisotopic (exact) mass is 351 g/mol. The average molecular weight is 352 g/mol. The molecule has 0 bridgehead atoms. The van der Waals surface area contributed by atoms with Crippen molar-refractivity contribution in [1.82, 2.24) is 5.32 Å².